The monoisotopic (exact) mass is 371 g/mol. The van der Waals surface area contributed by atoms with Crippen LogP contribution in [0.1, 0.15) is 34.8 Å². The van der Waals surface area contributed by atoms with E-state index in [1.54, 1.807) is 35.5 Å². The number of nitrogens with zero attached hydrogens (tertiary/aromatic N) is 1. The van der Waals surface area contributed by atoms with Crippen LogP contribution in [0, 0.1) is 5.41 Å². The summed E-state index contributed by atoms with van der Waals surface area (Å²) in [5.41, 5.74) is 6.01. The summed E-state index contributed by atoms with van der Waals surface area (Å²) in [6.45, 7) is 5.02. The molecule has 132 valence electrons. The molecule has 0 aliphatic heterocycles. The predicted molar refractivity (Wildman–Crippen MR) is 98.0 cm³/mol. The molecule has 3 N–H and O–H groups in total. The Balaban J connectivity index is 0.00000288. The van der Waals surface area contributed by atoms with Crippen molar-refractivity contribution in [3.05, 3.63) is 41.2 Å². The molecule has 0 fully saturated rings. The third-order valence-corrected chi connectivity index (χ3v) is 4.26. The van der Waals surface area contributed by atoms with Gasteiger partial charge >= 0.3 is 0 Å². The molecule has 2 heterocycles. The minimum atomic E-state index is -0.378. The molecule has 0 aromatic carbocycles. The number of carbonyl (C=O) groups excluding carboxylic acids is 2. The van der Waals surface area contributed by atoms with Crippen molar-refractivity contribution in [3.63, 3.8) is 0 Å². The zero-order chi connectivity index (χ0) is 17.0. The summed E-state index contributed by atoms with van der Waals surface area (Å²) in [4.78, 5) is 26.3. The molecule has 24 heavy (non-hydrogen) atoms. The van der Waals surface area contributed by atoms with E-state index in [1.807, 2.05) is 13.8 Å². The molecule has 0 radical (unpaired) electrons. The zero-order valence-corrected chi connectivity index (χ0v) is 15.5. The summed E-state index contributed by atoms with van der Waals surface area (Å²) in [7, 11) is 1.73. The van der Waals surface area contributed by atoms with Crippen LogP contribution in [0.15, 0.2) is 34.3 Å². The highest BCUT2D eigenvalue weighted by atomic mass is 35.5. The fraction of sp³-hybridized carbons (Fsp3) is 0.375. The van der Waals surface area contributed by atoms with E-state index in [0.717, 1.165) is 0 Å². The number of halogens is 1. The number of nitrogens with two attached hydrogens (primary N) is 1. The number of anilines is 1. The Hall–Kier alpha value is -1.83. The number of nitrogens with one attached hydrogen (secondary N) is 1. The van der Waals surface area contributed by atoms with Crippen molar-refractivity contribution in [2.24, 2.45) is 11.1 Å². The average Bonchev–Trinajstić information content (AvgIpc) is 3.17. The molecule has 0 aliphatic rings. The summed E-state index contributed by atoms with van der Waals surface area (Å²) in [6, 6.07) is 4.91. The van der Waals surface area contributed by atoms with Gasteiger partial charge in [0.15, 0.2) is 5.76 Å². The van der Waals surface area contributed by atoms with Crippen molar-refractivity contribution >= 4 is 40.6 Å². The number of amides is 2. The maximum absolute atomic E-state index is 12.6. The minimum Gasteiger partial charge on any atom is -0.459 e. The highest BCUT2D eigenvalue weighted by Crippen LogP contribution is 2.26. The summed E-state index contributed by atoms with van der Waals surface area (Å²) in [6.07, 6.45) is 1.43. The molecular formula is C16H22ClN3O3S. The van der Waals surface area contributed by atoms with Crippen molar-refractivity contribution in [3.8, 4) is 0 Å². The summed E-state index contributed by atoms with van der Waals surface area (Å²) >= 11 is 1.30. The van der Waals surface area contributed by atoms with Crippen LogP contribution in [0.4, 0.5) is 5.00 Å². The normalized spacial score (nSPS) is 10.8. The van der Waals surface area contributed by atoms with Gasteiger partial charge in [0.1, 0.15) is 5.00 Å². The van der Waals surface area contributed by atoms with Gasteiger partial charge in [0.25, 0.3) is 11.8 Å². The first kappa shape index (κ1) is 20.2. The van der Waals surface area contributed by atoms with Gasteiger partial charge in [-0.15, -0.1) is 23.7 Å². The smallest absolute Gasteiger partial charge is 0.291 e. The lowest BCUT2D eigenvalue weighted by Crippen LogP contribution is -2.39. The van der Waals surface area contributed by atoms with Crippen LogP contribution in [-0.4, -0.2) is 36.9 Å². The van der Waals surface area contributed by atoms with E-state index in [4.69, 9.17) is 10.2 Å². The van der Waals surface area contributed by atoms with E-state index < -0.39 is 0 Å². The van der Waals surface area contributed by atoms with E-state index in [2.05, 4.69) is 5.32 Å². The lowest BCUT2D eigenvalue weighted by molar-refractivity contribution is 0.0742. The Kier molecular flexibility index (Phi) is 7.01. The number of carbonyl (C=O) groups is 2. The van der Waals surface area contributed by atoms with Crippen LogP contribution >= 0.6 is 23.7 Å². The molecule has 8 heteroatoms. The number of hydrogen-bond acceptors (Lipinski definition) is 5. The highest BCUT2D eigenvalue weighted by Gasteiger charge is 2.24. The second-order valence-corrected chi connectivity index (χ2v) is 7.04. The minimum absolute atomic E-state index is 0. The second-order valence-electron chi connectivity index (χ2n) is 6.12. The topological polar surface area (TPSA) is 88.6 Å². The summed E-state index contributed by atoms with van der Waals surface area (Å²) in [5.74, 6) is -0.326. The predicted octanol–water partition coefficient (Wildman–Crippen LogP) is 3.07. The van der Waals surface area contributed by atoms with Gasteiger partial charge in [-0.2, -0.15) is 0 Å². The van der Waals surface area contributed by atoms with E-state index >= 15 is 0 Å². The second kappa shape index (κ2) is 8.32. The molecule has 0 spiro atoms. The summed E-state index contributed by atoms with van der Waals surface area (Å²) < 4.78 is 5.06. The van der Waals surface area contributed by atoms with Crippen molar-refractivity contribution in [2.75, 3.05) is 25.5 Å². The van der Waals surface area contributed by atoms with Crippen molar-refractivity contribution < 1.29 is 14.0 Å². The van der Waals surface area contributed by atoms with E-state index in [9.17, 15) is 9.59 Å². The molecule has 0 unspecified atom stereocenters. The van der Waals surface area contributed by atoms with Gasteiger partial charge < -0.3 is 20.4 Å². The van der Waals surface area contributed by atoms with Gasteiger partial charge in [-0.05, 0) is 35.5 Å². The van der Waals surface area contributed by atoms with Gasteiger partial charge in [-0.25, -0.2) is 0 Å². The average molecular weight is 372 g/mol. The largest absolute Gasteiger partial charge is 0.459 e. The molecule has 0 saturated heterocycles. The van der Waals surface area contributed by atoms with Crippen molar-refractivity contribution in [1.82, 2.24) is 4.90 Å². The first-order chi connectivity index (χ1) is 10.8. The zero-order valence-electron chi connectivity index (χ0n) is 13.9. The fourth-order valence-corrected chi connectivity index (χ4v) is 2.91. The molecule has 0 atom stereocenters. The first-order valence-electron chi connectivity index (χ1n) is 7.22. The standard InChI is InChI=1S/C16H21N3O3S.ClH/c1-16(2,9-17)10-19(3)15(21)11-6-8-23-14(11)18-13(20)12-5-4-7-22-12;/h4-8H,9-10,17H2,1-3H3,(H,18,20);1H. The maximum Gasteiger partial charge on any atom is 0.291 e. The van der Waals surface area contributed by atoms with Crippen molar-refractivity contribution in [2.45, 2.75) is 13.8 Å². The molecule has 6 nitrogen and oxygen atoms in total. The van der Waals surface area contributed by atoms with Crippen LogP contribution in [0.25, 0.3) is 0 Å². The Morgan fingerprint density at radius 2 is 2.08 bits per heavy atom. The van der Waals surface area contributed by atoms with E-state index in [0.29, 0.717) is 23.7 Å². The molecule has 2 amide bonds. The van der Waals surface area contributed by atoms with Gasteiger partial charge in [0, 0.05) is 13.6 Å². The quantitative estimate of drug-likeness (QED) is 0.816. The van der Waals surface area contributed by atoms with Gasteiger partial charge in [0.2, 0.25) is 0 Å². The van der Waals surface area contributed by atoms with Crippen LogP contribution < -0.4 is 11.1 Å². The molecule has 2 aromatic rings. The Labute approximate surface area is 151 Å². The fourth-order valence-electron chi connectivity index (χ4n) is 2.13. The third kappa shape index (κ3) is 4.83. The van der Waals surface area contributed by atoms with Gasteiger partial charge in [0.05, 0.1) is 11.8 Å². The van der Waals surface area contributed by atoms with Crippen LogP contribution in [0.5, 0.6) is 0 Å². The first-order valence-corrected chi connectivity index (χ1v) is 8.10. The number of hydrogen-bond donors (Lipinski definition) is 2. The molecular weight excluding hydrogens is 350 g/mol. The Bertz CT molecular complexity index is 683. The molecule has 0 bridgehead atoms. The number of rotatable bonds is 6. The SMILES string of the molecule is CN(CC(C)(C)CN)C(=O)c1ccsc1NC(=O)c1ccco1.Cl. The van der Waals surface area contributed by atoms with E-state index in [-0.39, 0.29) is 35.4 Å². The molecule has 2 aromatic heterocycles. The lowest BCUT2D eigenvalue weighted by Gasteiger charge is -2.29. The summed E-state index contributed by atoms with van der Waals surface area (Å²) in [5, 5.41) is 5.00. The van der Waals surface area contributed by atoms with Crippen LogP contribution in [0.2, 0.25) is 0 Å². The number of furan rings is 1. The third-order valence-electron chi connectivity index (χ3n) is 3.43. The highest BCUT2D eigenvalue weighted by molar-refractivity contribution is 7.14. The lowest BCUT2D eigenvalue weighted by atomic mass is 9.93. The maximum atomic E-state index is 12.6. The van der Waals surface area contributed by atoms with Crippen LogP contribution in [-0.2, 0) is 0 Å². The molecule has 0 saturated carbocycles. The molecule has 0 aliphatic carbocycles. The Morgan fingerprint density at radius 1 is 1.38 bits per heavy atom. The van der Waals surface area contributed by atoms with Gasteiger partial charge in [-0.1, -0.05) is 13.8 Å². The number of thiophene rings is 1. The van der Waals surface area contributed by atoms with Crippen molar-refractivity contribution in [1.29, 1.82) is 0 Å². The Morgan fingerprint density at radius 3 is 2.67 bits per heavy atom. The van der Waals surface area contributed by atoms with Gasteiger partial charge in [-0.3, -0.25) is 9.59 Å². The molecule has 2 rings (SSSR count). The van der Waals surface area contributed by atoms with Crippen LogP contribution in [0.3, 0.4) is 0 Å². The van der Waals surface area contributed by atoms with E-state index in [1.165, 1.54) is 17.6 Å².